The quantitative estimate of drug-likeness (QED) is 0.274. The molecule has 35 heavy (non-hydrogen) atoms. The van der Waals surface area contributed by atoms with Crippen LogP contribution >= 0.6 is 0 Å². The van der Waals surface area contributed by atoms with E-state index < -0.39 is 12.1 Å². The predicted octanol–water partition coefficient (Wildman–Crippen LogP) is 6.06. The second-order valence-corrected chi connectivity index (χ2v) is 8.16. The first-order chi connectivity index (χ1) is 17.2. The normalized spacial score (nSPS) is 11.5. The second kappa shape index (κ2) is 12.4. The molecule has 0 radical (unpaired) electrons. The fourth-order valence-electron chi connectivity index (χ4n) is 3.58. The summed E-state index contributed by atoms with van der Waals surface area (Å²) in [6.45, 7) is 1.01. The van der Waals surface area contributed by atoms with Crippen molar-refractivity contribution in [2.75, 3.05) is 0 Å². The summed E-state index contributed by atoms with van der Waals surface area (Å²) in [5.41, 5.74) is 3.79. The molecule has 0 bridgehead atoms. The lowest BCUT2D eigenvalue weighted by Crippen LogP contribution is -2.26. The Morgan fingerprint density at radius 2 is 1.09 bits per heavy atom. The van der Waals surface area contributed by atoms with Crippen LogP contribution in [0.25, 0.3) is 0 Å². The zero-order valence-electron chi connectivity index (χ0n) is 19.4. The molecule has 178 valence electrons. The maximum Gasteiger partial charge on any atom is 0.333 e. The van der Waals surface area contributed by atoms with Gasteiger partial charge in [-0.3, -0.25) is 0 Å². The van der Waals surface area contributed by atoms with Gasteiger partial charge in [-0.25, -0.2) is 4.79 Å². The summed E-state index contributed by atoms with van der Waals surface area (Å²) in [7, 11) is 0. The fourth-order valence-corrected chi connectivity index (χ4v) is 3.58. The largest absolute Gasteiger partial charge is 0.485 e. The van der Waals surface area contributed by atoms with Crippen LogP contribution in [0.5, 0.6) is 11.5 Å². The van der Waals surface area contributed by atoms with E-state index in [4.69, 9.17) is 14.2 Å². The van der Waals surface area contributed by atoms with Crippen molar-refractivity contribution in [2.24, 2.45) is 0 Å². The Morgan fingerprint density at radius 3 is 1.60 bits per heavy atom. The van der Waals surface area contributed by atoms with Crippen molar-refractivity contribution in [3.63, 3.8) is 0 Å². The average Bonchev–Trinajstić information content (AvgIpc) is 2.91. The molecule has 1 N–H and O–H groups in total. The average molecular weight is 469 g/mol. The molecular formula is C30H28O5. The van der Waals surface area contributed by atoms with Gasteiger partial charge >= 0.3 is 5.97 Å². The van der Waals surface area contributed by atoms with Gasteiger partial charge in [0.15, 0.2) is 17.6 Å². The maximum absolute atomic E-state index is 11.9. The Bertz CT molecular complexity index is 1190. The number of hydrogen-bond donors (Lipinski definition) is 1. The molecule has 0 amide bonds. The van der Waals surface area contributed by atoms with Crippen molar-refractivity contribution in [3.05, 3.63) is 131 Å². The lowest BCUT2D eigenvalue weighted by Gasteiger charge is -2.17. The predicted molar refractivity (Wildman–Crippen MR) is 134 cm³/mol. The van der Waals surface area contributed by atoms with Crippen LogP contribution in [0.15, 0.2) is 109 Å². The molecule has 0 aliphatic rings. The summed E-state index contributed by atoms with van der Waals surface area (Å²) < 4.78 is 17.9. The van der Waals surface area contributed by atoms with E-state index in [2.05, 4.69) is 0 Å². The topological polar surface area (TPSA) is 65.0 Å². The highest BCUT2D eigenvalue weighted by Gasteiger charge is 2.20. The van der Waals surface area contributed by atoms with E-state index in [1.807, 2.05) is 109 Å². The number of rotatable bonds is 12. The Balaban J connectivity index is 1.48. The Labute approximate surface area is 205 Å². The van der Waals surface area contributed by atoms with E-state index in [1.165, 1.54) is 0 Å². The third-order valence-corrected chi connectivity index (χ3v) is 5.47. The minimum Gasteiger partial charge on any atom is -0.485 e. The number of carboxylic acid groups (broad SMARTS) is 1. The molecule has 1 atom stereocenters. The number of benzene rings is 4. The lowest BCUT2D eigenvalue weighted by molar-refractivity contribution is -0.151. The standard InChI is InChI=1S/C30H28O5/c31-30(32)29(35-22-25-14-8-3-9-15-25)19-26-16-17-27(33-20-23-10-4-1-5-11-23)28(18-26)34-21-24-12-6-2-7-13-24/h1-18,29H,19-22H2,(H,31,32). The molecule has 0 aliphatic carbocycles. The van der Waals surface area contributed by atoms with E-state index in [1.54, 1.807) is 0 Å². The molecule has 0 heterocycles. The van der Waals surface area contributed by atoms with Crippen LogP contribution < -0.4 is 9.47 Å². The van der Waals surface area contributed by atoms with Crippen molar-refractivity contribution in [1.29, 1.82) is 0 Å². The van der Waals surface area contributed by atoms with Gasteiger partial charge in [-0.2, -0.15) is 0 Å². The molecule has 4 aromatic carbocycles. The van der Waals surface area contributed by atoms with Gasteiger partial charge in [0.2, 0.25) is 0 Å². The summed E-state index contributed by atoms with van der Waals surface area (Å²) >= 11 is 0. The van der Waals surface area contributed by atoms with Crippen LogP contribution in [-0.2, 0) is 35.8 Å². The molecule has 0 aromatic heterocycles. The first-order valence-electron chi connectivity index (χ1n) is 11.5. The zero-order chi connectivity index (χ0) is 24.3. The van der Waals surface area contributed by atoms with Crippen LogP contribution in [0.3, 0.4) is 0 Å². The van der Waals surface area contributed by atoms with E-state index in [0.29, 0.717) is 24.7 Å². The van der Waals surface area contributed by atoms with Crippen molar-refractivity contribution >= 4 is 5.97 Å². The molecule has 4 aromatic rings. The molecule has 0 saturated carbocycles. The minimum absolute atomic E-state index is 0.211. The summed E-state index contributed by atoms with van der Waals surface area (Å²) in [6.07, 6.45) is -0.767. The van der Waals surface area contributed by atoms with Crippen molar-refractivity contribution in [2.45, 2.75) is 32.3 Å². The molecule has 0 aliphatic heterocycles. The van der Waals surface area contributed by atoms with Gasteiger partial charge in [-0.15, -0.1) is 0 Å². The number of carboxylic acids is 1. The van der Waals surface area contributed by atoms with Crippen LogP contribution in [0.1, 0.15) is 22.3 Å². The van der Waals surface area contributed by atoms with E-state index in [-0.39, 0.29) is 13.0 Å². The molecular weight excluding hydrogens is 440 g/mol. The number of hydrogen-bond acceptors (Lipinski definition) is 4. The van der Waals surface area contributed by atoms with Gasteiger partial charge in [0.1, 0.15) is 13.2 Å². The first kappa shape index (κ1) is 24.0. The summed E-state index contributed by atoms with van der Waals surface area (Å²) in [5.74, 6) is 0.164. The third kappa shape index (κ3) is 7.45. The molecule has 0 spiro atoms. The number of ether oxygens (including phenoxy) is 3. The van der Waals surface area contributed by atoms with Crippen LogP contribution in [0.2, 0.25) is 0 Å². The maximum atomic E-state index is 11.9. The molecule has 0 saturated heterocycles. The first-order valence-corrected chi connectivity index (χ1v) is 11.5. The number of carbonyl (C=O) groups is 1. The second-order valence-electron chi connectivity index (χ2n) is 8.16. The minimum atomic E-state index is -1.00. The van der Waals surface area contributed by atoms with E-state index in [0.717, 1.165) is 22.3 Å². The van der Waals surface area contributed by atoms with Crippen LogP contribution in [-0.4, -0.2) is 17.2 Å². The SMILES string of the molecule is O=C(O)C(Cc1ccc(OCc2ccccc2)c(OCc2ccccc2)c1)OCc1ccccc1. The van der Waals surface area contributed by atoms with Gasteiger partial charge in [0, 0.05) is 6.42 Å². The monoisotopic (exact) mass is 468 g/mol. The Hall–Kier alpha value is -4.09. The highest BCUT2D eigenvalue weighted by molar-refractivity contribution is 5.72. The molecule has 1 unspecified atom stereocenters. The Morgan fingerprint density at radius 1 is 0.600 bits per heavy atom. The number of aliphatic carboxylic acids is 1. The highest BCUT2D eigenvalue weighted by Crippen LogP contribution is 2.31. The molecule has 5 nitrogen and oxygen atoms in total. The van der Waals surface area contributed by atoms with Gasteiger partial charge in [0.05, 0.1) is 6.61 Å². The van der Waals surface area contributed by atoms with Gasteiger partial charge in [0.25, 0.3) is 0 Å². The molecule has 0 fully saturated rings. The van der Waals surface area contributed by atoms with Crippen molar-refractivity contribution in [1.82, 2.24) is 0 Å². The summed E-state index contributed by atoms with van der Waals surface area (Å²) in [6, 6.07) is 34.8. The van der Waals surface area contributed by atoms with Gasteiger partial charge in [-0.05, 0) is 34.4 Å². The highest BCUT2D eigenvalue weighted by atomic mass is 16.5. The summed E-state index contributed by atoms with van der Waals surface area (Å²) in [4.78, 5) is 11.9. The molecule has 5 heteroatoms. The zero-order valence-corrected chi connectivity index (χ0v) is 19.4. The van der Waals surface area contributed by atoms with Crippen LogP contribution in [0.4, 0.5) is 0 Å². The van der Waals surface area contributed by atoms with Crippen LogP contribution in [0, 0.1) is 0 Å². The van der Waals surface area contributed by atoms with Crippen molar-refractivity contribution in [3.8, 4) is 11.5 Å². The molecule has 4 rings (SSSR count). The van der Waals surface area contributed by atoms with Crippen molar-refractivity contribution < 1.29 is 24.1 Å². The smallest absolute Gasteiger partial charge is 0.333 e. The summed E-state index contributed by atoms with van der Waals surface area (Å²) in [5, 5.41) is 9.72. The fraction of sp³-hybridized carbons (Fsp3) is 0.167. The van der Waals surface area contributed by atoms with E-state index in [9.17, 15) is 9.90 Å². The van der Waals surface area contributed by atoms with E-state index >= 15 is 0 Å². The van der Waals surface area contributed by atoms with Gasteiger partial charge in [-0.1, -0.05) is 97.1 Å². The van der Waals surface area contributed by atoms with Gasteiger partial charge < -0.3 is 19.3 Å². The lowest BCUT2D eigenvalue weighted by atomic mass is 10.1. The third-order valence-electron chi connectivity index (χ3n) is 5.47. The Kier molecular flexibility index (Phi) is 8.52.